The number of rotatable bonds is 8. The standard InChI is InChI=1S/C63H40N4O/c1-4-13-41(14-5-1)44-23-27-47(28-24-44)61-64-62(48-29-25-45(26-30-48)42-15-6-2-7-16-42)66-63(65-61)51-33-36-55-58(40-51)68-57-38-37-54-53-21-10-11-22-56(53)67(60(54)59(55)57)52-34-31-46(32-35-52)50-20-12-19-49(39-50)43-17-8-3-9-18-43/h1-40H. The van der Waals surface area contributed by atoms with Gasteiger partial charge in [-0.2, -0.15) is 0 Å². The molecule has 0 unspecified atom stereocenters. The molecule has 0 radical (unpaired) electrons. The van der Waals surface area contributed by atoms with Gasteiger partial charge >= 0.3 is 0 Å². The molecule has 0 spiro atoms. The van der Waals surface area contributed by atoms with Gasteiger partial charge in [0.2, 0.25) is 0 Å². The molecule has 0 saturated heterocycles. The fourth-order valence-corrected chi connectivity index (χ4v) is 9.68. The van der Waals surface area contributed by atoms with Crippen molar-refractivity contribution in [1.82, 2.24) is 19.5 Å². The maximum absolute atomic E-state index is 6.79. The van der Waals surface area contributed by atoms with Crippen molar-refractivity contribution < 1.29 is 4.42 Å². The number of hydrogen-bond acceptors (Lipinski definition) is 4. The molecule has 13 rings (SSSR count). The lowest BCUT2D eigenvalue weighted by Crippen LogP contribution is -2.00. The van der Waals surface area contributed by atoms with Crippen LogP contribution in [0.1, 0.15) is 0 Å². The zero-order valence-corrected chi connectivity index (χ0v) is 36.8. The quantitative estimate of drug-likeness (QED) is 0.153. The zero-order chi connectivity index (χ0) is 45.0. The molecular formula is C63H40N4O. The van der Waals surface area contributed by atoms with Gasteiger partial charge in [0.15, 0.2) is 17.5 Å². The van der Waals surface area contributed by atoms with Crippen LogP contribution < -0.4 is 0 Å². The van der Waals surface area contributed by atoms with Crippen LogP contribution >= 0.6 is 0 Å². The smallest absolute Gasteiger partial charge is 0.164 e. The third-order valence-electron chi connectivity index (χ3n) is 13.1. The first-order chi connectivity index (χ1) is 33.7. The van der Waals surface area contributed by atoms with Crippen molar-refractivity contribution in [3.8, 4) is 84.4 Å². The van der Waals surface area contributed by atoms with E-state index in [-0.39, 0.29) is 0 Å². The van der Waals surface area contributed by atoms with Gasteiger partial charge in [-0.1, -0.05) is 194 Å². The highest BCUT2D eigenvalue weighted by Gasteiger charge is 2.21. The summed E-state index contributed by atoms with van der Waals surface area (Å²) in [5.41, 5.74) is 16.9. The Morgan fingerprint density at radius 3 is 1.29 bits per heavy atom. The summed E-state index contributed by atoms with van der Waals surface area (Å²) in [7, 11) is 0. The molecule has 0 atom stereocenters. The largest absolute Gasteiger partial charge is 0.456 e. The Morgan fingerprint density at radius 1 is 0.279 bits per heavy atom. The van der Waals surface area contributed by atoms with Crippen LogP contribution in [-0.2, 0) is 0 Å². The minimum absolute atomic E-state index is 0.570. The molecule has 0 aliphatic carbocycles. The third-order valence-corrected chi connectivity index (χ3v) is 13.1. The predicted molar refractivity (Wildman–Crippen MR) is 279 cm³/mol. The third kappa shape index (κ3) is 6.93. The predicted octanol–water partition coefficient (Wildman–Crippen LogP) is 16.5. The molecule has 0 aliphatic heterocycles. The second kappa shape index (κ2) is 16.4. The van der Waals surface area contributed by atoms with Crippen LogP contribution in [0.2, 0.25) is 0 Å². The Morgan fingerprint density at radius 2 is 0.706 bits per heavy atom. The first-order valence-corrected chi connectivity index (χ1v) is 22.9. The molecule has 3 heterocycles. The lowest BCUT2D eigenvalue weighted by molar-refractivity contribution is 0.669. The number of para-hydroxylation sites is 1. The molecule has 5 heteroatoms. The summed E-state index contributed by atoms with van der Waals surface area (Å²) < 4.78 is 9.18. The van der Waals surface area contributed by atoms with E-state index in [1.807, 2.05) is 12.1 Å². The van der Waals surface area contributed by atoms with E-state index in [1.54, 1.807) is 0 Å². The number of aromatic nitrogens is 4. The van der Waals surface area contributed by atoms with Gasteiger partial charge in [-0.25, -0.2) is 15.0 Å². The van der Waals surface area contributed by atoms with Gasteiger partial charge in [0.05, 0.1) is 16.4 Å². The fraction of sp³-hybridized carbons (Fsp3) is 0. The summed E-state index contributed by atoms with van der Waals surface area (Å²) in [5, 5.41) is 4.45. The normalized spacial score (nSPS) is 11.5. The Hall–Kier alpha value is -9.19. The SMILES string of the molecule is c1ccc(-c2ccc(-c3nc(-c4ccc(-c5ccccc5)cc4)nc(-c4ccc5c(c4)oc4ccc6c7ccccc7n(-c7ccc(-c8cccc(-c9ccccc9)c8)cc7)c6c45)n3)cc2)cc1. The van der Waals surface area contributed by atoms with E-state index in [0.717, 1.165) is 83.2 Å². The lowest BCUT2D eigenvalue weighted by Gasteiger charge is -2.11. The summed E-state index contributed by atoms with van der Waals surface area (Å²) in [6.07, 6.45) is 0. The van der Waals surface area contributed by atoms with Gasteiger partial charge in [0.1, 0.15) is 11.2 Å². The summed E-state index contributed by atoms with van der Waals surface area (Å²) >= 11 is 0. The van der Waals surface area contributed by atoms with Crippen LogP contribution in [0.25, 0.3) is 128 Å². The Labute approximate surface area is 392 Å². The van der Waals surface area contributed by atoms with E-state index >= 15 is 0 Å². The van der Waals surface area contributed by atoms with E-state index < -0.39 is 0 Å². The maximum Gasteiger partial charge on any atom is 0.164 e. The van der Waals surface area contributed by atoms with Gasteiger partial charge in [-0.3, -0.25) is 0 Å². The molecule has 68 heavy (non-hydrogen) atoms. The first kappa shape index (κ1) is 39.2. The van der Waals surface area contributed by atoms with Gasteiger partial charge in [-0.05, 0) is 93.0 Å². The molecule has 0 amide bonds. The molecule has 0 fully saturated rings. The second-order valence-electron chi connectivity index (χ2n) is 17.2. The average molecular weight is 869 g/mol. The van der Waals surface area contributed by atoms with E-state index in [4.69, 9.17) is 19.4 Å². The van der Waals surface area contributed by atoms with E-state index in [1.165, 1.54) is 27.5 Å². The molecule has 318 valence electrons. The van der Waals surface area contributed by atoms with Crippen molar-refractivity contribution in [2.24, 2.45) is 0 Å². The van der Waals surface area contributed by atoms with Crippen LogP contribution in [0.3, 0.4) is 0 Å². The van der Waals surface area contributed by atoms with Crippen LogP contribution in [0.4, 0.5) is 0 Å². The Kier molecular flexibility index (Phi) is 9.43. The fourth-order valence-electron chi connectivity index (χ4n) is 9.68. The maximum atomic E-state index is 6.79. The lowest BCUT2D eigenvalue weighted by atomic mass is 9.99. The minimum Gasteiger partial charge on any atom is -0.456 e. The van der Waals surface area contributed by atoms with Crippen molar-refractivity contribution in [2.45, 2.75) is 0 Å². The van der Waals surface area contributed by atoms with Crippen molar-refractivity contribution in [2.75, 3.05) is 0 Å². The summed E-state index contributed by atoms with van der Waals surface area (Å²) in [4.78, 5) is 15.4. The van der Waals surface area contributed by atoms with Gasteiger partial charge in [0, 0.05) is 38.5 Å². The molecule has 0 N–H and O–H groups in total. The Bertz CT molecular complexity index is 3870. The zero-order valence-electron chi connectivity index (χ0n) is 36.8. The Balaban J connectivity index is 0.925. The van der Waals surface area contributed by atoms with Crippen LogP contribution in [-0.4, -0.2) is 19.5 Å². The van der Waals surface area contributed by atoms with E-state index in [2.05, 4.69) is 235 Å². The summed E-state index contributed by atoms with van der Waals surface area (Å²) in [6, 6.07) is 85.2. The topological polar surface area (TPSA) is 56.7 Å². The van der Waals surface area contributed by atoms with E-state index in [9.17, 15) is 0 Å². The van der Waals surface area contributed by atoms with Crippen molar-refractivity contribution >= 4 is 43.7 Å². The molecule has 0 bridgehead atoms. The number of furan rings is 1. The molecular weight excluding hydrogens is 829 g/mol. The minimum atomic E-state index is 0.570. The van der Waals surface area contributed by atoms with Crippen molar-refractivity contribution in [1.29, 1.82) is 0 Å². The highest BCUT2D eigenvalue weighted by atomic mass is 16.3. The highest BCUT2D eigenvalue weighted by molar-refractivity contribution is 6.24. The monoisotopic (exact) mass is 868 g/mol. The number of nitrogens with zero attached hydrogens (tertiary/aromatic N) is 4. The van der Waals surface area contributed by atoms with Gasteiger partial charge in [0.25, 0.3) is 0 Å². The molecule has 5 nitrogen and oxygen atoms in total. The number of fused-ring (bicyclic) bond motifs is 7. The molecule has 0 saturated carbocycles. The average Bonchev–Trinajstić information content (AvgIpc) is 3.97. The van der Waals surface area contributed by atoms with Crippen LogP contribution in [0.15, 0.2) is 247 Å². The van der Waals surface area contributed by atoms with Crippen LogP contribution in [0, 0.1) is 0 Å². The molecule has 0 aliphatic rings. The first-order valence-electron chi connectivity index (χ1n) is 22.9. The highest BCUT2D eigenvalue weighted by Crippen LogP contribution is 2.42. The molecule has 10 aromatic carbocycles. The summed E-state index contributed by atoms with van der Waals surface area (Å²) in [5.74, 6) is 1.77. The van der Waals surface area contributed by atoms with Gasteiger partial charge < -0.3 is 8.98 Å². The van der Waals surface area contributed by atoms with Crippen molar-refractivity contribution in [3.05, 3.63) is 243 Å². The number of benzene rings is 10. The van der Waals surface area contributed by atoms with Gasteiger partial charge in [-0.15, -0.1) is 0 Å². The van der Waals surface area contributed by atoms with Crippen LogP contribution in [0.5, 0.6) is 0 Å². The van der Waals surface area contributed by atoms with E-state index in [0.29, 0.717) is 17.5 Å². The summed E-state index contributed by atoms with van der Waals surface area (Å²) in [6.45, 7) is 0. The molecule has 13 aromatic rings. The number of hydrogen-bond donors (Lipinski definition) is 0. The van der Waals surface area contributed by atoms with Crippen molar-refractivity contribution in [3.63, 3.8) is 0 Å². The second-order valence-corrected chi connectivity index (χ2v) is 17.2. The molecule has 3 aromatic heterocycles.